The molecule has 1 unspecified atom stereocenters. The van der Waals surface area contributed by atoms with E-state index in [4.69, 9.17) is 15.2 Å². The summed E-state index contributed by atoms with van der Waals surface area (Å²) in [6, 6.07) is 6.81. The van der Waals surface area contributed by atoms with E-state index in [1.807, 2.05) is 0 Å². The zero-order valence-electron chi connectivity index (χ0n) is 19.5. The van der Waals surface area contributed by atoms with Crippen LogP contribution >= 0.6 is 11.8 Å². The summed E-state index contributed by atoms with van der Waals surface area (Å²) < 4.78 is 50.1. The third-order valence-corrected chi connectivity index (χ3v) is 6.50. The highest BCUT2D eigenvalue weighted by atomic mass is 32.2. The highest BCUT2D eigenvalue weighted by molar-refractivity contribution is 8.00. The van der Waals surface area contributed by atoms with E-state index >= 15 is 0 Å². The lowest BCUT2D eigenvalue weighted by Crippen LogP contribution is -2.46. The van der Waals surface area contributed by atoms with Crippen molar-refractivity contribution in [2.75, 3.05) is 18.9 Å². The van der Waals surface area contributed by atoms with Crippen LogP contribution in [-0.4, -0.2) is 53.2 Å². The molecule has 1 aliphatic heterocycles. The molecule has 0 aromatic heterocycles. The molecule has 0 aliphatic carbocycles. The average molecular weight is 526 g/mol. The van der Waals surface area contributed by atoms with Crippen molar-refractivity contribution in [3.8, 4) is 5.75 Å². The van der Waals surface area contributed by atoms with Gasteiger partial charge in [0, 0.05) is 37.4 Å². The van der Waals surface area contributed by atoms with Crippen LogP contribution in [0.5, 0.6) is 5.75 Å². The third kappa shape index (κ3) is 7.37. The van der Waals surface area contributed by atoms with E-state index in [1.165, 1.54) is 16.7 Å². The standard InChI is InChI=1S/C24H26F3N3O5S/c1-2-34-24(33)35-17-5-3-14(4-6-17)13-29-22(32)23-30(7-8-36-23)21(31)11-16(28)9-15-10-19(26)20(27)12-18(15)25/h3-6,10,12,16,23H,2,7-9,11,13,28H2,1H3,(H,29,32)/t16-,23?/m1/s1. The van der Waals surface area contributed by atoms with Crippen molar-refractivity contribution in [2.45, 2.75) is 37.7 Å². The molecule has 2 amide bonds. The summed E-state index contributed by atoms with van der Waals surface area (Å²) in [5.41, 5.74) is 6.59. The van der Waals surface area contributed by atoms with E-state index in [9.17, 15) is 27.6 Å². The minimum Gasteiger partial charge on any atom is -0.434 e. The second-order valence-corrected chi connectivity index (χ2v) is 9.17. The number of benzene rings is 2. The molecule has 1 fully saturated rings. The number of nitrogens with one attached hydrogen (secondary N) is 1. The van der Waals surface area contributed by atoms with Crippen molar-refractivity contribution >= 4 is 29.7 Å². The maximum absolute atomic E-state index is 13.9. The van der Waals surface area contributed by atoms with E-state index in [0.29, 0.717) is 24.1 Å². The number of ether oxygens (including phenoxy) is 2. The van der Waals surface area contributed by atoms with E-state index in [0.717, 1.165) is 11.6 Å². The molecule has 36 heavy (non-hydrogen) atoms. The first-order chi connectivity index (χ1) is 17.2. The number of nitrogens with zero attached hydrogens (tertiary/aromatic N) is 1. The van der Waals surface area contributed by atoms with Gasteiger partial charge in [0.1, 0.15) is 11.6 Å². The van der Waals surface area contributed by atoms with Crippen molar-refractivity contribution in [2.24, 2.45) is 5.73 Å². The number of thioether (sulfide) groups is 1. The second kappa shape index (κ2) is 12.6. The Hall–Kier alpha value is -3.25. The molecule has 2 aromatic rings. The molecule has 2 atom stereocenters. The quantitative estimate of drug-likeness (QED) is 0.294. The minimum atomic E-state index is -1.30. The monoisotopic (exact) mass is 525 g/mol. The average Bonchev–Trinajstić information content (AvgIpc) is 3.32. The van der Waals surface area contributed by atoms with Gasteiger partial charge in [0.05, 0.1) is 6.61 Å². The van der Waals surface area contributed by atoms with Gasteiger partial charge in [-0.1, -0.05) is 12.1 Å². The molecule has 3 rings (SSSR count). The fraction of sp³-hybridized carbons (Fsp3) is 0.375. The van der Waals surface area contributed by atoms with Gasteiger partial charge in [0.2, 0.25) is 5.91 Å². The van der Waals surface area contributed by atoms with Crippen LogP contribution in [-0.2, 0) is 27.3 Å². The van der Waals surface area contributed by atoms with Gasteiger partial charge >= 0.3 is 6.16 Å². The molecule has 12 heteroatoms. The Labute approximate surface area is 210 Å². The molecular weight excluding hydrogens is 499 g/mol. The topological polar surface area (TPSA) is 111 Å². The summed E-state index contributed by atoms with van der Waals surface area (Å²) >= 11 is 1.30. The molecule has 0 bridgehead atoms. The molecule has 0 saturated carbocycles. The number of hydrogen-bond donors (Lipinski definition) is 2. The van der Waals surface area contributed by atoms with Crippen LogP contribution in [0.25, 0.3) is 0 Å². The lowest BCUT2D eigenvalue weighted by Gasteiger charge is -2.24. The highest BCUT2D eigenvalue weighted by Crippen LogP contribution is 2.25. The Morgan fingerprint density at radius 1 is 1.14 bits per heavy atom. The smallest absolute Gasteiger partial charge is 0.434 e. The highest BCUT2D eigenvalue weighted by Gasteiger charge is 2.35. The number of carbonyl (C=O) groups is 3. The Kier molecular flexibility index (Phi) is 9.59. The second-order valence-electron chi connectivity index (χ2n) is 7.98. The van der Waals surface area contributed by atoms with Gasteiger partial charge in [-0.15, -0.1) is 11.8 Å². The van der Waals surface area contributed by atoms with Crippen LogP contribution in [0.3, 0.4) is 0 Å². The zero-order chi connectivity index (χ0) is 26.2. The third-order valence-electron chi connectivity index (χ3n) is 5.30. The lowest BCUT2D eigenvalue weighted by atomic mass is 10.0. The van der Waals surface area contributed by atoms with Crippen LogP contribution < -0.4 is 15.8 Å². The SMILES string of the molecule is CCOC(=O)Oc1ccc(CNC(=O)C2SCCN2C(=O)C[C@H](N)Cc2cc(F)c(F)cc2F)cc1. The van der Waals surface area contributed by atoms with Gasteiger partial charge in [0.25, 0.3) is 5.91 Å². The zero-order valence-corrected chi connectivity index (χ0v) is 20.3. The Balaban J connectivity index is 1.51. The van der Waals surface area contributed by atoms with Gasteiger partial charge in [-0.25, -0.2) is 18.0 Å². The summed E-state index contributed by atoms with van der Waals surface area (Å²) in [5, 5.41) is 2.02. The Morgan fingerprint density at radius 3 is 2.53 bits per heavy atom. The van der Waals surface area contributed by atoms with E-state index < -0.39 is 40.9 Å². The van der Waals surface area contributed by atoms with Gasteiger partial charge in [0.15, 0.2) is 17.0 Å². The van der Waals surface area contributed by atoms with Crippen molar-refractivity contribution in [1.29, 1.82) is 0 Å². The van der Waals surface area contributed by atoms with E-state index in [2.05, 4.69) is 5.32 Å². The van der Waals surface area contributed by atoms with Crippen molar-refractivity contribution < 1.29 is 37.0 Å². The normalized spacial score (nSPS) is 15.9. The summed E-state index contributed by atoms with van der Waals surface area (Å²) in [6.07, 6.45) is -1.16. The van der Waals surface area contributed by atoms with Crippen LogP contribution in [0.15, 0.2) is 36.4 Å². The number of nitrogens with two attached hydrogens (primary N) is 1. The molecule has 1 saturated heterocycles. The van der Waals surface area contributed by atoms with Crippen molar-refractivity contribution in [3.05, 3.63) is 65.0 Å². The van der Waals surface area contributed by atoms with Gasteiger partial charge in [-0.3, -0.25) is 9.59 Å². The summed E-state index contributed by atoms with van der Waals surface area (Å²) in [6.45, 7) is 2.39. The Morgan fingerprint density at radius 2 is 1.83 bits per heavy atom. The fourth-order valence-electron chi connectivity index (χ4n) is 3.55. The lowest BCUT2D eigenvalue weighted by molar-refractivity contribution is -0.136. The number of rotatable bonds is 9. The van der Waals surface area contributed by atoms with Gasteiger partial charge in [-0.2, -0.15) is 0 Å². The molecule has 0 spiro atoms. The molecule has 0 radical (unpaired) electrons. The first-order valence-electron chi connectivity index (χ1n) is 11.2. The number of carbonyl (C=O) groups excluding carboxylic acids is 3. The van der Waals surface area contributed by atoms with Gasteiger partial charge in [-0.05, 0) is 42.7 Å². The maximum atomic E-state index is 13.9. The molecule has 194 valence electrons. The van der Waals surface area contributed by atoms with Crippen LogP contribution in [0.1, 0.15) is 24.5 Å². The molecule has 8 nitrogen and oxygen atoms in total. The first-order valence-corrected chi connectivity index (χ1v) is 12.2. The first kappa shape index (κ1) is 27.3. The predicted molar refractivity (Wildman–Crippen MR) is 127 cm³/mol. The fourth-order valence-corrected chi connectivity index (χ4v) is 4.72. The number of amides is 2. The number of hydrogen-bond acceptors (Lipinski definition) is 7. The van der Waals surface area contributed by atoms with Crippen LogP contribution in [0.4, 0.5) is 18.0 Å². The van der Waals surface area contributed by atoms with Crippen LogP contribution in [0.2, 0.25) is 0 Å². The summed E-state index contributed by atoms with van der Waals surface area (Å²) in [4.78, 5) is 38.3. The van der Waals surface area contributed by atoms with E-state index in [1.54, 1.807) is 31.2 Å². The predicted octanol–water partition coefficient (Wildman–Crippen LogP) is 3.12. The maximum Gasteiger partial charge on any atom is 0.513 e. The number of halogens is 3. The van der Waals surface area contributed by atoms with Crippen molar-refractivity contribution in [3.63, 3.8) is 0 Å². The Bertz CT molecular complexity index is 1100. The largest absolute Gasteiger partial charge is 0.513 e. The molecule has 1 aliphatic rings. The van der Waals surface area contributed by atoms with E-state index in [-0.39, 0.29) is 37.5 Å². The molecule has 2 aromatic carbocycles. The minimum absolute atomic E-state index is 0.127. The molecule has 1 heterocycles. The van der Waals surface area contributed by atoms with Crippen molar-refractivity contribution in [1.82, 2.24) is 10.2 Å². The summed E-state index contributed by atoms with van der Waals surface area (Å²) in [7, 11) is 0. The van der Waals surface area contributed by atoms with Gasteiger partial charge < -0.3 is 25.4 Å². The molecular formula is C24H26F3N3O5S. The summed E-state index contributed by atoms with van der Waals surface area (Å²) in [5.74, 6) is -3.34. The van der Waals surface area contributed by atoms with Crippen LogP contribution in [0, 0.1) is 17.5 Å². The molecule has 3 N–H and O–H groups in total.